The molecular weight excluding hydrogens is 450 g/mol. The van der Waals surface area contributed by atoms with E-state index in [1.165, 1.54) is 0 Å². The highest BCUT2D eigenvalue weighted by molar-refractivity contribution is 7.21. The average Bonchev–Trinajstić information content (AvgIpc) is 3.54. The van der Waals surface area contributed by atoms with E-state index in [1.54, 1.807) is 31.0 Å². The van der Waals surface area contributed by atoms with Gasteiger partial charge in [0.1, 0.15) is 10.8 Å². The first-order valence-corrected chi connectivity index (χ1v) is 11.5. The third kappa shape index (κ3) is 3.97. The second-order valence-electron chi connectivity index (χ2n) is 7.81. The Bertz CT molecular complexity index is 1430. The zero-order valence-corrected chi connectivity index (χ0v) is 19.3. The van der Waals surface area contributed by atoms with Crippen LogP contribution in [0.4, 0.5) is 0 Å². The number of aliphatic hydroxyl groups excluding tert-OH is 3. The predicted molar refractivity (Wildman–Crippen MR) is 132 cm³/mol. The smallest absolute Gasteiger partial charge is 0.125 e. The van der Waals surface area contributed by atoms with E-state index in [0.717, 1.165) is 43.3 Å². The summed E-state index contributed by atoms with van der Waals surface area (Å²) in [6, 6.07) is 17.6. The number of benzene rings is 3. The number of rotatable bonds is 7. The number of aromatic nitrogens is 3. The Kier molecular flexibility index (Phi) is 6.12. The van der Waals surface area contributed by atoms with Crippen molar-refractivity contribution >= 4 is 21.6 Å². The Balaban J connectivity index is 1.50. The van der Waals surface area contributed by atoms with Gasteiger partial charge in [-0.3, -0.25) is 4.57 Å². The van der Waals surface area contributed by atoms with Crippen LogP contribution in [-0.4, -0.2) is 37.0 Å². The van der Waals surface area contributed by atoms with E-state index >= 15 is 0 Å². The first-order chi connectivity index (χ1) is 16.6. The van der Waals surface area contributed by atoms with Gasteiger partial charge >= 0.3 is 0 Å². The van der Waals surface area contributed by atoms with Gasteiger partial charge in [0.25, 0.3) is 0 Å². The van der Waals surface area contributed by atoms with Crippen LogP contribution < -0.4 is 4.74 Å². The summed E-state index contributed by atoms with van der Waals surface area (Å²) < 4.78 is 8.45. The van der Waals surface area contributed by atoms with E-state index in [9.17, 15) is 15.3 Å². The lowest BCUT2D eigenvalue weighted by molar-refractivity contribution is 0.254. The molecule has 0 amide bonds. The van der Waals surface area contributed by atoms with Gasteiger partial charge in [-0.1, -0.05) is 6.07 Å². The molecule has 0 saturated heterocycles. The van der Waals surface area contributed by atoms with Crippen LogP contribution in [0.3, 0.4) is 0 Å². The molecule has 0 aliphatic carbocycles. The number of aliphatic hydroxyl groups is 3. The Hall–Kier alpha value is -3.56. The number of hydrogen-bond donors (Lipinski definition) is 3. The van der Waals surface area contributed by atoms with E-state index in [1.807, 2.05) is 59.2 Å². The third-order valence-corrected chi connectivity index (χ3v) is 6.88. The highest BCUT2D eigenvalue weighted by atomic mass is 32.1. The monoisotopic (exact) mass is 473 g/mol. The molecule has 0 saturated carbocycles. The van der Waals surface area contributed by atoms with Gasteiger partial charge < -0.3 is 20.1 Å². The lowest BCUT2D eigenvalue weighted by Gasteiger charge is -2.15. The minimum absolute atomic E-state index is 0.0134. The molecule has 34 heavy (non-hydrogen) atoms. The number of fused-ring (bicyclic) bond motifs is 1. The molecule has 3 aromatic carbocycles. The molecule has 2 heterocycles. The quantitative estimate of drug-likeness (QED) is 0.326. The molecule has 0 unspecified atom stereocenters. The summed E-state index contributed by atoms with van der Waals surface area (Å²) in [6.45, 7) is -0.405. The van der Waals surface area contributed by atoms with Crippen molar-refractivity contribution in [2.45, 2.75) is 19.8 Å². The van der Waals surface area contributed by atoms with Gasteiger partial charge in [-0.2, -0.15) is 0 Å². The Labute approximate surface area is 200 Å². The highest BCUT2D eigenvalue weighted by Crippen LogP contribution is 2.34. The van der Waals surface area contributed by atoms with Gasteiger partial charge in [-0.15, -0.1) is 11.3 Å². The lowest BCUT2D eigenvalue weighted by atomic mass is 10.0. The van der Waals surface area contributed by atoms with Crippen molar-refractivity contribution in [3.05, 3.63) is 83.8 Å². The molecule has 5 rings (SSSR count). The topological polar surface area (TPSA) is 101 Å². The molecule has 5 aromatic rings. The molecular formula is C26H23N3O4S. The molecule has 8 heteroatoms. The fourth-order valence-corrected chi connectivity index (χ4v) is 5.06. The van der Waals surface area contributed by atoms with Gasteiger partial charge in [-0.25, -0.2) is 9.97 Å². The first kappa shape index (κ1) is 22.2. The summed E-state index contributed by atoms with van der Waals surface area (Å²) in [5.74, 6) is 0.521. The number of nitrogens with zero attached hydrogens (tertiary/aromatic N) is 3. The van der Waals surface area contributed by atoms with E-state index < -0.39 is 0 Å². The van der Waals surface area contributed by atoms with Crippen molar-refractivity contribution in [1.29, 1.82) is 0 Å². The normalized spacial score (nSPS) is 11.3. The number of imidazole rings is 1. The molecule has 0 atom stereocenters. The summed E-state index contributed by atoms with van der Waals surface area (Å²) in [7, 11) is 1.54. The fraction of sp³-hybridized carbons (Fsp3) is 0.154. The summed E-state index contributed by atoms with van der Waals surface area (Å²) in [5.41, 5.74) is 6.57. The van der Waals surface area contributed by atoms with Crippen molar-refractivity contribution < 1.29 is 20.1 Å². The SMILES string of the molecule is COc1cc(-c2cncn2-c2ccc(-c3nc4ccc(CO)cc4s3)cc2)cc(CO)c1CO. The van der Waals surface area contributed by atoms with Crippen molar-refractivity contribution in [2.24, 2.45) is 0 Å². The Morgan fingerprint density at radius 1 is 0.912 bits per heavy atom. The van der Waals surface area contributed by atoms with Crippen LogP contribution >= 0.6 is 11.3 Å². The highest BCUT2D eigenvalue weighted by Gasteiger charge is 2.15. The maximum Gasteiger partial charge on any atom is 0.125 e. The maximum atomic E-state index is 9.79. The molecule has 2 aromatic heterocycles. The molecule has 0 aliphatic rings. The van der Waals surface area contributed by atoms with Gasteiger partial charge in [0, 0.05) is 22.4 Å². The molecule has 0 aliphatic heterocycles. The Morgan fingerprint density at radius 2 is 1.74 bits per heavy atom. The largest absolute Gasteiger partial charge is 0.496 e. The third-order valence-electron chi connectivity index (χ3n) is 5.81. The molecule has 172 valence electrons. The molecule has 0 spiro atoms. The fourth-order valence-electron chi connectivity index (χ4n) is 4.02. The van der Waals surface area contributed by atoms with Gasteiger partial charge in [0.15, 0.2) is 0 Å². The first-order valence-electron chi connectivity index (χ1n) is 10.7. The number of ether oxygens (including phenoxy) is 1. The van der Waals surface area contributed by atoms with Crippen molar-refractivity contribution in [1.82, 2.24) is 14.5 Å². The molecule has 0 bridgehead atoms. The van der Waals surface area contributed by atoms with E-state index in [2.05, 4.69) is 4.98 Å². The summed E-state index contributed by atoms with van der Waals surface area (Å²) >= 11 is 1.60. The number of thiazole rings is 1. The van der Waals surface area contributed by atoms with Crippen molar-refractivity contribution in [3.63, 3.8) is 0 Å². The molecule has 0 fully saturated rings. The standard InChI is InChI=1S/C26H23N3O4S/c1-33-24-10-18(9-19(13-31)21(24)14-32)23-11-27-15-29(23)20-5-3-17(4-6-20)26-28-22-7-2-16(12-30)8-25(22)34-26/h2-11,15,30-32H,12-14H2,1H3. The predicted octanol–water partition coefficient (Wildman–Crippen LogP) is 4.30. The van der Waals surface area contributed by atoms with Gasteiger partial charge in [-0.05, 0) is 59.7 Å². The van der Waals surface area contributed by atoms with E-state index in [-0.39, 0.29) is 19.8 Å². The van der Waals surface area contributed by atoms with E-state index in [0.29, 0.717) is 16.9 Å². The average molecular weight is 474 g/mol. The summed E-state index contributed by atoms with van der Waals surface area (Å²) in [6.07, 6.45) is 3.50. The minimum atomic E-state index is -0.215. The summed E-state index contributed by atoms with van der Waals surface area (Å²) in [5, 5.41) is 29.8. The Morgan fingerprint density at radius 3 is 2.44 bits per heavy atom. The van der Waals surface area contributed by atoms with Crippen LogP contribution in [0.5, 0.6) is 5.75 Å². The van der Waals surface area contributed by atoms with Gasteiger partial charge in [0.2, 0.25) is 0 Å². The van der Waals surface area contributed by atoms with Crippen LogP contribution in [0.2, 0.25) is 0 Å². The van der Waals surface area contributed by atoms with Crippen LogP contribution in [0.15, 0.2) is 67.1 Å². The van der Waals surface area contributed by atoms with Crippen molar-refractivity contribution in [2.75, 3.05) is 7.11 Å². The number of methoxy groups -OCH3 is 1. The van der Waals surface area contributed by atoms with Crippen LogP contribution in [0.1, 0.15) is 16.7 Å². The molecule has 3 N–H and O–H groups in total. The number of hydrogen-bond acceptors (Lipinski definition) is 7. The second kappa shape index (κ2) is 9.36. The van der Waals surface area contributed by atoms with Crippen molar-refractivity contribution in [3.8, 4) is 33.3 Å². The van der Waals surface area contributed by atoms with Crippen LogP contribution in [0.25, 0.3) is 37.7 Å². The lowest BCUT2D eigenvalue weighted by Crippen LogP contribution is -2.01. The summed E-state index contributed by atoms with van der Waals surface area (Å²) in [4.78, 5) is 9.06. The minimum Gasteiger partial charge on any atom is -0.496 e. The van der Waals surface area contributed by atoms with Crippen LogP contribution in [0, 0.1) is 0 Å². The zero-order chi connectivity index (χ0) is 23.7. The molecule has 0 radical (unpaired) electrons. The second-order valence-corrected chi connectivity index (χ2v) is 8.84. The molecule has 7 nitrogen and oxygen atoms in total. The van der Waals surface area contributed by atoms with E-state index in [4.69, 9.17) is 9.72 Å². The zero-order valence-electron chi connectivity index (χ0n) is 18.5. The van der Waals surface area contributed by atoms with Crippen LogP contribution in [-0.2, 0) is 19.8 Å². The van der Waals surface area contributed by atoms with Gasteiger partial charge in [0.05, 0.1) is 55.4 Å². The maximum absolute atomic E-state index is 9.79.